The van der Waals surface area contributed by atoms with Crippen molar-refractivity contribution in [3.8, 4) is 0 Å². The third-order valence-electron chi connectivity index (χ3n) is 2.90. The molecular weight excluding hydrogens is 369 g/mol. The molecule has 2 rings (SSSR count). The van der Waals surface area contributed by atoms with E-state index in [1.807, 2.05) is 0 Å². The zero-order valence-corrected chi connectivity index (χ0v) is 14.8. The number of rotatable bonds is 2. The Balaban J connectivity index is 2.30. The van der Waals surface area contributed by atoms with Crippen LogP contribution in [-0.4, -0.2) is 0 Å². The van der Waals surface area contributed by atoms with Crippen LogP contribution in [0.3, 0.4) is 0 Å². The fourth-order valence-electron chi connectivity index (χ4n) is 1.82. The van der Waals surface area contributed by atoms with E-state index in [2.05, 4.69) is 62.4 Å². The molecule has 0 heterocycles. The van der Waals surface area contributed by atoms with E-state index in [1.54, 1.807) is 6.14 Å². The molecule has 0 saturated carbocycles. The van der Waals surface area contributed by atoms with Crippen LogP contribution in [0.5, 0.6) is 0 Å². The Morgan fingerprint density at radius 2 is 1.07 bits per heavy atom. The molecule has 0 spiro atoms. The molecule has 0 fully saturated rings. The van der Waals surface area contributed by atoms with Crippen LogP contribution in [0.1, 0.15) is 11.1 Å². The Kier molecular flexibility index (Phi) is 3.58. The molecule has 0 aliphatic heterocycles. The van der Waals surface area contributed by atoms with E-state index >= 15 is 0 Å². The number of benzene rings is 2. The fourth-order valence-corrected chi connectivity index (χ4v) is 8.48. The molecule has 0 bridgehead atoms. The first-order valence-electron chi connectivity index (χ1n) is 5.36. The second-order valence-corrected chi connectivity index (χ2v) is 11.3. The van der Waals surface area contributed by atoms with Crippen molar-refractivity contribution in [3.05, 3.63) is 59.7 Å². The Bertz CT molecular complexity index is 417. The Morgan fingerprint density at radius 1 is 0.667 bits per heavy atom. The van der Waals surface area contributed by atoms with Gasteiger partial charge < -0.3 is 0 Å². The van der Waals surface area contributed by atoms with E-state index in [0.717, 1.165) is 0 Å². The van der Waals surface area contributed by atoms with E-state index in [4.69, 9.17) is 0 Å². The van der Waals surface area contributed by atoms with Crippen molar-refractivity contribution < 1.29 is 24.6 Å². The van der Waals surface area contributed by atoms with Crippen molar-refractivity contribution in [1.29, 1.82) is 0 Å². The van der Waals surface area contributed by atoms with Crippen molar-refractivity contribution in [2.24, 2.45) is 0 Å². The fraction of sp³-hybridized carbons (Fsp3) is 0.143. The van der Waals surface area contributed by atoms with Crippen molar-refractivity contribution in [2.45, 2.75) is 13.8 Å². The summed E-state index contributed by atoms with van der Waals surface area (Å²) in [5.41, 5.74) is 2.95. The van der Waals surface area contributed by atoms with E-state index in [-0.39, 0.29) is 0 Å². The molecule has 0 radical (unpaired) electrons. The van der Waals surface area contributed by atoms with Crippen LogP contribution < -0.4 is 6.14 Å². The van der Waals surface area contributed by atoms with Gasteiger partial charge in [0.2, 0.25) is 0 Å². The van der Waals surface area contributed by atoms with E-state index < -0.39 is 24.6 Å². The van der Waals surface area contributed by atoms with Gasteiger partial charge in [-0.1, -0.05) is 0 Å². The second-order valence-electron chi connectivity index (χ2n) is 4.03. The van der Waals surface area contributed by atoms with Crippen molar-refractivity contribution in [1.82, 2.24) is 0 Å². The van der Waals surface area contributed by atoms with Crippen LogP contribution in [0.15, 0.2) is 48.5 Å². The summed E-state index contributed by atoms with van der Waals surface area (Å²) < 4.78 is 3.29. The summed E-state index contributed by atoms with van der Waals surface area (Å²) >= 11 is -1.09. The first kappa shape index (κ1) is 10.9. The number of hydrogen-bond acceptors (Lipinski definition) is 0. The molecule has 0 saturated heterocycles. The van der Waals surface area contributed by atoms with Crippen molar-refractivity contribution >= 4 is 6.14 Å². The normalized spacial score (nSPS) is 9.73. The molecule has 0 atom stereocenters. The number of hydrogen-bond donors (Lipinski definition) is 0. The van der Waals surface area contributed by atoms with Gasteiger partial charge in [0.05, 0.1) is 0 Å². The van der Waals surface area contributed by atoms with Crippen LogP contribution in [0, 0.1) is 13.8 Å². The molecule has 2 aromatic rings. The van der Waals surface area contributed by atoms with Crippen LogP contribution >= 0.6 is 0 Å². The Morgan fingerprint density at radius 3 is 1.47 bits per heavy atom. The van der Waals surface area contributed by atoms with Gasteiger partial charge in [0.15, 0.2) is 0 Å². The molecule has 72 valence electrons. The third kappa shape index (κ3) is 2.69. The standard InChI is InChI=1S/2C7H7.Hg/c2*1-7-5-3-2-4-6-7;/h2*2-5H,1H3;. The summed E-state index contributed by atoms with van der Waals surface area (Å²) in [5.74, 6) is 0. The van der Waals surface area contributed by atoms with Gasteiger partial charge in [-0.25, -0.2) is 0 Å². The van der Waals surface area contributed by atoms with Gasteiger partial charge in [0.1, 0.15) is 0 Å². The van der Waals surface area contributed by atoms with Gasteiger partial charge in [0.25, 0.3) is 0 Å². The third-order valence-corrected chi connectivity index (χ3v) is 12.0. The Labute approximate surface area is 104 Å². The second kappa shape index (κ2) is 4.93. The SMILES string of the molecule is Cc1cccc[c]1[Hg][c]1ccccc1C. The summed E-state index contributed by atoms with van der Waals surface area (Å²) in [5, 5.41) is 0. The maximum atomic E-state index is 2.31. The van der Waals surface area contributed by atoms with Crippen LogP contribution in [0.25, 0.3) is 0 Å². The molecule has 0 aliphatic rings. The van der Waals surface area contributed by atoms with Crippen molar-refractivity contribution in [2.75, 3.05) is 0 Å². The van der Waals surface area contributed by atoms with Gasteiger partial charge in [-0.2, -0.15) is 0 Å². The molecule has 0 amide bonds. The van der Waals surface area contributed by atoms with E-state index in [1.165, 1.54) is 11.1 Å². The molecule has 0 unspecified atom stereocenters. The first-order chi connectivity index (χ1) is 7.27. The monoisotopic (exact) mass is 384 g/mol. The summed E-state index contributed by atoms with van der Waals surface area (Å²) in [6, 6.07) is 17.7. The molecule has 1 heteroatoms. The molecule has 0 nitrogen and oxygen atoms in total. The molecule has 2 aromatic carbocycles. The van der Waals surface area contributed by atoms with Gasteiger partial charge >= 0.3 is 104 Å². The molecule has 15 heavy (non-hydrogen) atoms. The maximum absolute atomic E-state index is 2.31. The van der Waals surface area contributed by atoms with Gasteiger partial charge in [0, 0.05) is 0 Å². The van der Waals surface area contributed by atoms with Gasteiger partial charge in [-0.05, 0) is 0 Å². The summed E-state index contributed by atoms with van der Waals surface area (Å²) in [7, 11) is 0. The van der Waals surface area contributed by atoms with E-state index in [0.29, 0.717) is 0 Å². The van der Waals surface area contributed by atoms with E-state index in [9.17, 15) is 0 Å². The minimum absolute atomic E-state index is 1.09. The van der Waals surface area contributed by atoms with Crippen LogP contribution in [0.4, 0.5) is 0 Å². The summed E-state index contributed by atoms with van der Waals surface area (Å²) in [6.07, 6.45) is 0. The van der Waals surface area contributed by atoms with Crippen LogP contribution in [-0.2, 0) is 24.6 Å². The average molecular weight is 383 g/mol. The minimum atomic E-state index is -1.09. The molecule has 0 aromatic heterocycles. The van der Waals surface area contributed by atoms with Crippen molar-refractivity contribution in [3.63, 3.8) is 0 Å². The van der Waals surface area contributed by atoms with Crippen LogP contribution in [0.2, 0.25) is 0 Å². The zero-order chi connectivity index (χ0) is 10.7. The molecule has 0 N–H and O–H groups in total. The topological polar surface area (TPSA) is 0 Å². The Hall–Kier alpha value is -0.625. The molecule has 0 aliphatic carbocycles. The molecular formula is C14H14Hg. The summed E-state index contributed by atoms with van der Waals surface area (Å²) in [6.45, 7) is 4.46. The summed E-state index contributed by atoms with van der Waals surface area (Å²) in [4.78, 5) is 0. The quantitative estimate of drug-likeness (QED) is 0.699. The zero-order valence-electron chi connectivity index (χ0n) is 9.33. The number of aryl methyl sites for hydroxylation is 2. The van der Waals surface area contributed by atoms with Gasteiger partial charge in [-0.15, -0.1) is 0 Å². The average Bonchev–Trinajstić information content (AvgIpc) is 2.24. The predicted molar refractivity (Wildman–Crippen MR) is 61.6 cm³/mol. The van der Waals surface area contributed by atoms with Gasteiger partial charge in [-0.3, -0.25) is 0 Å². The first-order valence-corrected chi connectivity index (χ1v) is 10.9. The predicted octanol–water partition coefficient (Wildman–Crippen LogP) is 2.34.